The van der Waals surface area contributed by atoms with Gasteiger partial charge in [0.1, 0.15) is 6.61 Å². The van der Waals surface area contributed by atoms with E-state index in [1.54, 1.807) is 23.0 Å². The van der Waals surface area contributed by atoms with Crippen LogP contribution in [-0.4, -0.2) is 27.7 Å². The van der Waals surface area contributed by atoms with Crippen molar-refractivity contribution in [1.82, 2.24) is 14.9 Å². The number of nitrogens with one attached hydrogen (secondary N) is 1. The molecule has 0 unspecified atom stereocenters. The van der Waals surface area contributed by atoms with E-state index in [9.17, 15) is 0 Å². The number of nitrogens with zero attached hydrogens (tertiary/aromatic N) is 3. The third-order valence-electron chi connectivity index (χ3n) is 4.72. The minimum atomic E-state index is 0.257. The van der Waals surface area contributed by atoms with Gasteiger partial charge in [-0.25, -0.2) is 5.10 Å². The van der Waals surface area contributed by atoms with Gasteiger partial charge in [0.15, 0.2) is 17.3 Å². The maximum absolute atomic E-state index is 6.28. The lowest BCUT2D eigenvalue weighted by molar-refractivity contribution is 0.267. The van der Waals surface area contributed by atoms with Gasteiger partial charge >= 0.3 is 0 Å². The molecule has 0 aliphatic rings. The molecule has 1 N–H and O–H groups in total. The summed E-state index contributed by atoms with van der Waals surface area (Å²) in [6, 6.07) is 18.7. The van der Waals surface area contributed by atoms with Crippen molar-refractivity contribution in [2.45, 2.75) is 13.5 Å². The van der Waals surface area contributed by atoms with Gasteiger partial charge in [-0.3, -0.25) is 0 Å². The Bertz CT molecular complexity index is 1390. The molecule has 0 fully saturated rings. The second-order valence-electron chi connectivity index (χ2n) is 7.06. The van der Waals surface area contributed by atoms with Crippen molar-refractivity contribution in [3.05, 3.63) is 91.1 Å². The van der Waals surface area contributed by atoms with Crippen LogP contribution in [0.25, 0.3) is 11.4 Å². The number of hydrogen-bond acceptors (Lipinski definition) is 5. The van der Waals surface area contributed by atoms with Gasteiger partial charge < -0.3 is 9.47 Å². The van der Waals surface area contributed by atoms with Crippen LogP contribution in [0.4, 0.5) is 0 Å². The minimum Gasteiger partial charge on any atom is -0.490 e. The molecule has 1 aromatic heterocycles. The highest BCUT2D eigenvalue weighted by Crippen LogP contribution is 2.37. The van der Waals surface area contributed by atoms with E-state index in [1.165, 1.54) is 0 Å². The van der Waals surface area contributed by atoms with Crippen LogP contribution in [0.15, 0.2) is 70.2 Å². The van der Waals surface area contributed by atoms with E-state index < -0.39 is 0 Å². The van der Waals surface area contributed by atoms with Crippen molar-refractivity contribution >= 4 is 57.6 Å². The molecule has 0 amide bonds. The number of ether oxygens (including phenoxy) is 2. The van der Waals surface area contributed by atoms with Crippen molar-refractivity contribution in [3.63, 3.8) is 0 Å². The van der Waals surface area contributed by atoms with Crippen molar-refractivity contribution in [1.29, 1.82) is 0 Å². The summed E-state index contributed by atoms with van der Waals surface area (Å²) in [4.78, 5) is 0. The van der Waals surface area contributed by atoms with Crippen molar-refractivity contribution in [2.75, 3.05) is 6.61 Å². The molecule has 10 heteroatoms. The number of benzene rings is 3. The molecule has 0 saturated heterocycles. The summed E-state index contributed by atoms with van der Waals surface area (Å²) in [7, 11) is 0. The van der Waals surface area contributed by atoms with E-state index in [4.69, 9.17) is 44.9 Å². The molecule has 1 heterocycles. The zero-order valence-electron chi connectivity index (χ0n) is 18.0. The van der Waals surface area contributed by atoms with E-state index in [-0.39, 0.29) is 6.61 Å². The Morgan fingerprint density at radius 3 is 2.65 bits per heavy atom. The van der Waals surface area contributed by atoms with Gasteiger partial charge in [0, 0.05) is 21.2 Å². The monoisotopic (exact) mass is 576 g/mol. The second kappa shape index (κ2) is 11.2. The lowest BCUT2D eigenvalue weighted by Gasteiger charge is -2.15. The molecular weight excluding hydrogens is 559 g/mol. The Balaban J connectivity index is 1.61. The predicted octanol–water partition coefficient (Wildman–Crippen LogP) is 7.54. The standard InChI is InChI=1S/C24H19BrCl2N4O2S/c1-2-32-21-11-15(10-19(25)22(21)33-14-17-8-9-18(26)12-20(17)27)13-28-31-23(29-30-24(31)34)16-6-4-3-5-7-16/h3-13H,2,14H2,1H3,(H,30,34)/b28-13-. The SMILES string of the molecule is CCOc1cc(/C=N\n2c(-c3ccccc3)n[nH]c2=S)cc(Br)c1OCc1ccc(Cl)cc1Cl. The summed E-state index contributed by atoms with van der Waals surface area (Å²) in [5.41, 5.74) is 2.50. The largest absolute Gasteiger partial charge is 0.490 e. The highest BCUT2D eigenvalue weighted by Gasteiger charge is 2.14. The summed E-state index contributed by atoms with van der Waals surface area (Å²) < 4.78 is 14.6. The molecule has 6 nitrogen and oxygen atoms in total. The molecular formula is C24H19BrCl2N4O2S. The van der Waals surface area contributed by atoms with Crippen molar-refractivity contribution in [3.8, 4) is 22.9 Å². The van der Waals surface area contributed by atoms with Gasteiger partial charge in [0.25, 0.3) is 0 Å². The third-order valence-corrected chi connectivity index (χ3v) is 6.16. The molecule has 0 aliphatic carbocycles. The van der Waals surface area contributed by atoms with Crippen LogP contribution in [0.3, 0.4) is 0 Å². The number of aromatic amines is 1. The minimum absolute atomic E-state index is 0.257. The first-order valence-electron chi connectivity index (χ1n) is 10.3. The smallest absolute Gasteiger partial charge is 0.216 e. The second-order valence-corrected chi connectivity index (χ2v) is 9.15. The maximum Gasteiger partial charge on any atom is 0.216 e. The Morgan fingerprint density at radius 1 is 1.12 bits per heavy atom. The Kier molecular flexibility index (Phi) is 8.05. The van der Waals surface area contributed by atoms with E-state index in [0.717, 1.165) is 16.7 Å². The topological polar surface area (TPSA) is 64.4 Å². The van der Waals surface area contributed by atoms with Crippen LogP contribution in [0.1, 0.15) is 18.1 Å². The van der Waals surface area contributed by atoms with Crippen LogP contribution in [0, 0.1) is 4.77 Å². The number of H-pyrrole nitrogens is 1. The third kappa shape index (κ3) is 5.70. The first kappa shape index (κ1) is 24.5. The molecule has 0 spiro atoms. The van der Waals surface area contributed by atoms with Crippen LogP contribution in [0.2, 0.25) is 10.0 Å². The highest BCUT2D eigenvalue weighted by molar-refractivity contribution is 9.10. The molecule has 174 valence electrons. The van der Waals surface area contributed by atoms with Gasteiger partial charge in [0.2, 0.25) is 4.77 Å². The summed E-state index contributed by atoms with van der Waals surface area (Å²) in [5.74, 6) is 1.75. The van der Waals surface area contributed by atoms with E-state index in [2.05, 4.69) is 31.2 Å². The lowest BCUT2D eigenvalue weighted by Crippen LogP contribution is -2.02. The lowest BCUT2D eigenvalue weighted by atomic mass is 10.2. The number of rotatable bonds is 8. The fourth-order valence-electron chi connectivity index (χ4n) is 3.15. The fourth-order valence-corrected chi connectivity index (χ4v) is 4.37. The Morgan fingerprint density at radius 2 is 1.91 bits per heavy atom. The summed E-state index contributed by atoms with van der Waals surface area (Å²) in [6.07, 6.45) is 1.69. The molecule has 0 aliphatic heterocycles. The van der Waals surface area contributed by atoms with Gasteiger partial charge in [-0.15, -0.1) is 0 Å². The maximum atomic E-state index is 6.28. The van der Waals surface area contributed by atoms with E-state index in [1.807, 2.05) is 55.5 Å². The van der Waals surface area contributed by atoms with Crippen LogP contribution < -0.4 is 9.47 Å². The van der Waals surface area contributed by atoms with Gasteiger partial charge in [-0.1, -0.05) is 59.6 Å². The number of halogens is 3. The molecule has 4 aromatic rings. The Hall–Kier alpha value is -2.65. The van der Waals surface area contributed by atoms with Crippen molar-refractivity contribution in [2.24, 2.45) is 5.10 Å². The van der Waals surface area contributed by atoms with Crippen molar-refractivity contribution < 1.29 is 9.47 Å². The molecule has 3 aromatic carbocycles. The van der Waals surface area contributed by atoms with Crippen LogP contribution >= 0.6 is 51.3 Å². The Labute approximate surface area is 220 Å². The molecule has 0 bridgehead atoms. The molecule has 0 atom stereocenters. The summed E-state index contributed by atoms with van der Waals surface area (Å²) >= 11 is 21.2. The van der Waals surface area contributed by atoms with Crippen LogP contribution in [-0.2, 0) is 6.61 Å². The number of aromatic nitrogens is 3. The van der Waals surface area contributed by atoms with Crippen LogP contribution in [0.5, 0.6) is 11.5 Å². The average Bonchev–Trinajstić information content (AvgIpc) is 3.19. The molecule has 0 saturated carbocycles. The first-order valence-corrected chi connectivity index (χ1v) is 12.2. The zero-order chi connectivity index (χ0) is 24.1. The van der Waals surface area contributed by atoms with Gasteiger partial charge in [-0.05, 0) is 64.9 Å². The number of hydrogen-bond donors (Lipinski definition) is 1. The van der Waals surface area contributed by atoms with E-state index in [0.29, 0.717) is 43.2 Å². The average molecular weight is 578 g/mol. The summed E-state index contributed by atoms with van der Waals surface area (Å²) in [5, 5.41) is 12.7. The predicted molar refractivity (Wildman–Crippen MR) is 142 cm³/mol. The molecule has 34 heavy (non-hydrogen) atoms. The zero-order valence-corrected chi connectivity index (χ0v) is 21.9. The molecule has 4 rings (SSSR count). The quantitative estimate of drug-likeness (QED) is 0.173. The normalized spacial score (nSPS) is 11.2. The fraction of sp³-hybridized carbons (Fsp3) is 0.125. The first-order chi connectivity index (χ1) is 16.5. The van der Waals surface area contributed by atoms with Gasteiger partial charge in [-0.2, -0.15) is 14.9 Å². The molecule has 0 radical (unpaired) electrons. The summed E-state index contributed by atoms with van der Waals surface area (Å²) in [6.45, 7) is 2.63. The van der Waals surface area contributed by atoms with E-state index >= 15 is 0 Å². The van der Waals surface area contributed by atoms with Gasteiger partial charge in [0.05, 0.1) is 17.3 Å². The highest BCUT2D eigenvalue weighted by atomic mass is 79.9.